The first-order valence-electron chi connectivity index (χ1n) is 8.01. The summed E-state index contributed by atoms with van der Waals surface area (Å²) in [5.74, 6) is -2.70. The van der Waals surface area contributed by atoms with Crippen LogP contribution in [0.4, 0.5) is 0 Å². The molecule has 0 saturated heterocycles. The Kier molecular flexibility index (Phi) is 3.83. The molecular formula is C18H13N2O6P. The van der Waals surface area contributed by atoms with Crippen LogP contribution < -0.4 is 0 Å². The zero-order valence-electron chi connectivity index (χ0n) is 13.9. The van der Waals surface area contributed by atoms with Crippen molar-refractivity contribution in [2.75, 3.05) is 12.6 Å². The highest BCUT2D eigenvalue weighted by molar-refractivity contribution is 7.58. The van der Waals surface area contributed by atoms with Crippen LogP contribution in [0.25, 0.3) is 0 Å². The minimum absolute atomic E-state index is 0.156. The molecule has 0 bridgehead atoms. The molecule has 9 heteroatoms. The van der Waals surface area contributed by atoms with E-state index in [1.54, 1.807) is 24.3 Å². The maximum Gasteiger partial charge on any atom is 0.262 e. The average molecular weight is 384 g/mol. The molecule has 1 N–H and O–H groups in total. The molecule has 0 radical (unpaired) electrons. The van der Waals surface area contributed by atoms with Gasteiger partial charge in [0.25, 0.3) is 23.6 Å². The Morgan fingerprint density at radius 2 is 0.889 bits per heavy atom. The molecule has 0 atom stereocenters. The van der Waals surface area contributed by atoms with Crippen molar-refractivity contribution in [3.63, 3.8) is 0 Å². The van der Waals surface area contributed by atoms with Crippen molar-refractivity contribution in [1.29, 1.82) is 0 Å². The normalized spacial score (nSPS) is 16.2. The summed E-state index contributed by atoms with van der Waals surface area (Å²) in [6, 6.07) is 12.2. The average Bonchev–Trinajstić information content (AvgIpc) is 3.03. The van der Waals surface area contributed by atoms with Crippen LogP contribution in [0.5, 0.6) is 0 Å². The molecule has 0 fully saturated rings. The minimum atomic E-state index is -4.23. The smallest absolute Gasteiger partial charge is 0.262 e. The van der Waals surface area contributed by atoms with Crippen molar-refractivity contribution in [1.82, 2.24) is 9.80 Å². The molecule has 0 unspecified atom stereocenters. The highest BCUT2D eigenvalue weighted by Crippen LogP contribution is 2.45. The molecule has 4 rings (SSSR count). The number of imide groups is 2. The van der Waals surface area contributed by atoms with E-state index < -0.39 is 43.6 Å². The molecule has 4 amide bonds. The van der Waals surface area contributed by atoms with E-state index in [1.165, 1.54) is 24.3 Å². The van der Waals surface area contributed by atoms with E-state index in [4.69, 9.17) is 0 Å². The first-order valence-corrected chi connectivity index (χ1v) is 10.0. The summed E-state index contributed by atoms with van der Waals surface area (Å²) in [6.07, 6.45) is -1.54. The summed E-state index contributed by atoms with van der Waals surface area (Å²) < 4.78 is 12.7. The van der Waals surface area contributed by atoms with E-state index in [2.05, 4.69) is 0 Å². The molecule has 0 spiro atoms. The number of hydrogen-bond donors (Lipinski definition) is 1. The molecule has 8 nitrogen and oxygen atoms in total. The number of carbonyl (C=O) groups excluding carboxylic acids is 4. The van der Waals surface area contributed by atoms with Crippen LogP contribution in [0.2, 0.25) is 0 Å². The molecule has 2 heterocycles. The maximum atomic E-state index is 12.7. The fourth-order valence-corrected chi connectivity index (χ4v) is 4.71. The summed E-state index contributed by atoms with van der Waals surface area (Å²) in [4.78, 5) is 61.1. The van der Waals surface area contributed by atoms with E-state index in [0.29, 0.717) is 9.80 Å². The highest BCUT2D eigenvalue weighted by atomic mass is 31.2. The van der Waals surface area contributed by atoms with Gasteiger partial charge < -0.3 is 4.89 Å². The Bertz CT molecular complexity index is 928. The van der Waals surface area contributed by atoms with Gasteiger partial charge in [0.15, 0.2) is 0 Å². The third-order valence-electron chi connectivity index (χ3n) is 4.48. The summed E-state index contributed by atoms with van der Waals surface area (Å²) in [6.45, 7) is 0. The SMILES string of the molecule is O=C1c2ccccc2C(=O)N1CP(=O)(O)CN1C(=O)c2ccccc2C1=O. The summed E-state index contributed by atoms with van der Waals surface area (Å²) >= 11 is 0. The lowest BCUT2D eigenvalue weighted by molar-refractivity contribution is 0.0674. The zero-order valence-corrected chi connectivity index (χ0v) is 14.8. The monoisotopic (exact) mass is 384 g/mol. The Labute approximate surface area is 153 Å². The predicted molar refractivity (Wildman–Crippen MR) is 93.4 cm³/mol. The van der Waals surface area contributed by atoms with Crippen LogP contribution in [0.3, 0.4) is 0 Å². The van der Waals surface area contributed by atoms with Gasteiger partial charge in [0.05, 0.1) is 22.3 Å². The lowest BCUT2D eigenvalue weighted by atomic mass is 10.1. The number of hydrogen-bond acceptors (Lipinski definition) is 5. The van der Waals surface area contributed by atoms with E-state index in [9.17, 15) is 28.6 Å². The van der Waals surface area contributed by atoms with E-state index >= 15 is 0 Å². The van der Waals surface area contributed by atoms with E-state index in [1.807, 2.05) is 0 Å². The number of amides is 4. The molecule has 27 heavy (non-hydrogen) atoms. The first-order chi connectivity index (χ1) is 12.8. The second-order valence-corrected chi connectivity index (χ2v) is 8.56. The topological polar surface area (TPSA) is 112 Å². The number of nitrogens with zero attached hydrogens (tertiary/aromatic N) is 2. The molecule has 0 saturated carbocycles. The van der Waals surface area contributed by atoms with Crippen LogP contribution in [-0.2, 0) is 4.57 Å². The number of fused-ring (bicyclic) bond motifs is 2. The van der Waals surface area contributed by atoms with E-state index in [-0.39, 0.29) is 22.3 Å². The Hall–Kier alpha value is -3.09. The second-order valence-electron chi connectivity index (χ2n) is 6.30. The van der Waals surface area contributed by atoms with Gasteiger partial charge in [0, 0.05) is 0 Å². The molecule has 2 aliphatic heterocycles. The lowest BCUT2D eigenvalue weighted by Gasteiger charge is -2.22. The molecule has 136 valence electrons. The molecular weight excluding hydrogens is 371 g/mol. The van der Waals surface area contributed by atoms with Crippen molar-refractivity contribution < 1.29 is 28.6 Å². The van der Waals surface area contributed by atoms with Crippen LogP contribution in [0, 0.1) is 0 Å². The molecule has 0 aliphatic carbocycles. The van der Waals surface area contributed by atoms with Crippen LogP contribution in [0.1, 0.15) is 41.4 Å². The second kappa shape index (κ2) is 5.97. The van der Waals surface area contributed by atoms with Gasteiger partial charge in [0.1, 0.15) is 12.6 Å². The van der Waals surface area contributed by atoms with Gasteiger partial charge in [-0.25, -0.2) is 0 Å². The first kappa shape index (κ1) is 17.3. The largest absolute Gasteiger partial charge is 0.342 e. The number of carbonyl (C=O) groups is 4. The standard InChI is InChI=1S/C18H13N2O6P/c21-15-11-5-1-2-6-12(11)16(22)19(15)9-27(25,26)10-20-17(23)13-7-3-4-8-14(13)18(20)24/h1-8H,9-10H2,(H,25,26). The van der Waals surface area contributed by atoms with Gasteiger partial charge in [-0.3, -0.25) is 33.5 Å². The summed E-state index contributed by atoms with van der Waals surface area (Å²) in [5, 5.41) is 0. The number of benzene rings is 2. The quantitative estimate of drug-likeness (QED) is 0.635. The van der Waals surface area contributed by atoms with Crippen molar-refractivity contribution in [2.45, 2.75) is 0 Å². The zero-order chi connectivity index (χ0) is 19.3. The van der Waals surface area contributed by atoms with Crippen molar-refractivity contribution >= 4 is 31.0 Å². The highest BCUT2D eigenvalue weighted by Gasteiger charge is 2.43. The summed E-state index contributed by atoms with van der Waals surface area (Å²) in [7, 11) is -4.23. The van der Waals surface area contributed by atoms with Gasteiger partial charge in [0.2, 0.25) is 7.37 Å². The Morgan fingerprint density at radius 1 is 0.630 bits per heavy atom. The maximum absolute atomic E-state index is 12.7. The van der Waals surface area contributed by atoms with Crippen molar-refractivity contribution in [3.8, 4) is 0 Å². The third-order valence-corrected chi connectivity index (χ3v) is 5.93. The fourth-order valence-electron chi connectivity index (χ4n) is 3.22. The summed E-state index contributed by atoms with van der Waals surface area (Å²) in [5.41, 5.74) is 0.623. The van der Waals surface area contributed by atoms with Crippen molar-refractivity contribution in [2.24, 2.45) is 0 Å². The third kappa shape index (κ3) is 2.70. The van der Waals surface area contributed by atoms with Crippen LogP contribution in [0.15, 0.2) is 48.5 Å². The lowest BCUT2D eigenvalue weighted by Crippen LogP contribution is -2.35. The van der Waals surface area contributed by atoms with Gasteiger partial charge >= 0.3 is 0 Å². The van der Waals surface area contributed by atoms with Gasteiger partial charge in [-0.1, -0.05) is 24.3 Å². The molecule has 0 aromatic heterocycles. The molecule has 2 aliphatic rings. The Balaban J connectivity index is 1.55. The van der Waals surface area contributed by atoms with E-state index in [0.717, 1.165) is 0 Å². The van der Waals surface area contributed by atoms with Gasteiger partial charge in [-0.2, -0.15) is 0 Å². The Morgan fingerprint density at radius 3 is 1.15 bits per heavy atom. The molecule has 2 aromatic carbocycles. The van der Waals surface area contributed by atoms with Gasteiger partial charge in [-0.15, -0.1) is 0 Å². The van der Waals surface area contributed by atoms with Crippen LogP contribution in [-0.4, -0.2) is 50.9 Å². The van der Waals surface area contributed by atoms with Crippen molar-refractivity contribution in [3.05, 3.63) is 70.8 Å². The predicted octanol–water partition coefficient (Wildman–Crippen LogP) is 1.76. The van der Waals surface area contributed by atoms with Gasteiger partial charge in [-0.05, 0) is 24.3 Å². The number of rotatable bonds is 4. The molecule has 2 aromatic rings. The fraction of sp³-hybridized carbons (Fsp3) is 0.111. The minimum Gasteiger partial charge on any atom is -0.342 e. The van der Waals surface area contributed by atoms with Crippen LogP contribution >= 0.6 is 7.37 Å².